The fraction of sp³-hybridized carbons (Fsp3) is 0.174. The van der Waals surface area contributed by atoms with Crippen LogP contribution < -0.4 is 4.72 Å². The van der Waals surface area contributed by atoms with E-state index in [1.54, 1.807) is 37.3 Å². The quantitative estimate of drug-likeness (QED) is 0.485. The summed E-state index contributed by atoms with van der Waals surface area (Å²) < 4.78 is 27.9. The molecule has 29 heavy (non-hydrogen) atoms. The summed E-state index contributed by atoms with van der Waals surface area (Å²) in [5, 5.41) is 0. The maximum absolute atomic E-state index is 12.6. The van der Waals surface area contributed by atoms with E-state index < -0.39 is 10.0 Å². The highest BCUT2D eigenvalue weighted by molar-refractivity contribution is 7.92. The average Bonchev–Trinajstić information content (AvgIpc) is 3.09. The number of hydrogen-bond donors (Lipinski definition) is 2. The first-order chi connectivity index (χ1) is 13.9. The van der Waals surface area contributed by atoms with E-state index in [2.05, 4.69) is 33.7 Å². The highest BCUT2D eigenvalue weighted by atomic mass is 32.2. The first-order valence-electron chi connectivity index (χ1n) is 9.53. The minimum atomic E-state index is -3.60. The van der Waals surface area contributed by atoms with Gasteiger partial charge in [0, 0.05) is 12.1 Å². The van der Waals surface area contributed by atoms with E-state index in [0.29, 0.717) is 10.6 Å². The topological polar surface area (TPSA) is 74.8 Å². The highest BCUT2D eigenvalue weighted by Crippen LogP contribution is 2.20. The Morgan fingerprint density at radius 2 is 1.69 bits per heavy atom. The number of nitrogens with zero attached hydrogens (tertiary/aromatic N) is 1. The predicted octanol–water partition coefficient (Wildman–Crippen LogP) is 4.77. The molecule has 2 N–H and O–H groups in total. The number of imidazole rings is 1. The third-order valence-corrected chi connectivity index (χ3v) is 6.47. The van der Waals surface area contributed by atoms with Gasteiger partial charge >= 0.3 is 0 Å². The van der Waals surface area contributed by atoms with Crippen LogP contribution in [0, 0.1) is 13.8 Å². The third kappa shape index (κ3) is 4.32. The zero-order chi connectivity index (χ0) is 20.4. The van der Waals surface area contributed by atoms with Gasteiger partial charge in [-0.15, -0.1) is 0 Å². The number of aromatic nitrogens is 2. The lowest BCUT2D eigenvalue weighted by atomic mass is 10.1. The molecule has 1 heterocycles. The number of sulfonamides is 1. The molecule has 0 unspecified atom stereocenters. The van der Waals surface area contributed by atoms with Crippen LogP contribution in [0.4, 0.5) is 5.69 Å². The van der Waals surface area contributed by atoms with Gasteiger partial charge in [0.2, 0.25) is 0 Å². The number of aryl methyl sites for hydroxylation is 4. The van der Waals surface area contributed by atoms with Crippen LogP contribution in [-0.4, -0.2) is 18.4 Å². The Bertz CT molecular complexity index is 1260. The van der Waals surface area contributed by atoms with Gasteiger partial charge in [-0.1, -0.05) is 36.4 Å². The predicted molar refractivity (Wildman–Crippen MR) is 117 cm³/mol. The Kier molecular flexibility index (Phi) is 5.11. The Balaban J connectivity index is 1.43. The number of nitrogens with one attached hydrogen (secondary N) is 2. The van der Waals surface area contributed by atoms with E-state index in [1.165, 1.54) is 5.56 Å². The van der Waals surface area contributed by atoms with Crippen LogP contribution in [0.1, 0.15) is 22.5 Å². The van der Waals surface area contributed by atoms with Crippen LogP contribution in [-0.2, 0) is 22.9 Å². The first-order valence-corrected chi connectivity index (χ1v) is 11.0. The Morgan fingerprint density at radius 3 is 2.45 bits per heavy atom. The van der Waals surface area contributed by atoms with E-state index in [1.807, 2.05) is 24.3 Å². The fourth-order valence-corrected chi connectivity index (χ4v) is 4.67. The number of anilines is 1. The lowest BCUT2D eigenvalue weighted by Gasteiger charge is -2.10. The maximum atomic E-state index is 12.6. The van der Waals surface area contributed by atoms with Crippen molar-refractivity contribution in [3.63, 3.8) is 0 Å². The van der Waals surface area contributed by atoms with E-state index in [4.69, 9.17) is 0 Å². The molecule has 0 aliphatic carbocycles. The molecule has 5 nitrogen and oxygen atoms in total. The van der Waals surface area contributed by atoms with E-state index >= 15 is 0 Å². The molecule has 0 spiro atoms. The zero-order valence-corrected chi connectivity index (χ0v) is 17.3. The largest absolute Gasteiger partial charge is 0.342 e. The summed E-state index contributed by atoms with van der Waals surface area (Å²) in [4.78, 5) is 8.29. The molecule has 0 aliphatic rings. The van der Waals surface area contributed by atoms with Crippen LogP contribution in [0.3, 0.4) is 0 Å². The molecule has 3 aromatic carbocycles. The van der Waals surface area contributed by atoms with Gasteiger partial charge in [0.05, 0.1) is 15.9 Å². The molecule has 0 atom stereocenters. The Hall–Kier alpha value is -3.12. The lowest BCUT2D eigenvalue weighted by molar-refractivity contribution is 0.600. The molecule has 1 aromatic heterocycles. The maximum Gasteiger partial charge on any atom is 0.262 e. The second-order valence-electron chi connectivity index (χ2n) is 7.27. The van der Waals surface area contributed by atoms with Crippen molar-refractivity contribution < 1.29 is 8.42 Å². The Labute approximate surface area is 170 Å². The summed E-state index contributed by atoms with van der Waals surface area (Å²) in [6.45, 7) is 3.85. The first kappa shape index (κ1) is 19.2. The van der Waals surface area contributed by atoms with Crippen molar-refractivity contribution in [3.8, 4) is 0 Å². The summed E-state index contributed by atoms with van der Waals surface area (Å²) in [6.07, 6.45) is 1.62. The van der Waals surface area contributed by atoms with E-state index in [9.17, 15) is 8.42 Å². The molecular weight excluding hydrogens is 382 g/mol. The van der Waals surface area contributed by atoms with Crippen LogP contribution in [0.25, 0.3) is 11.0 Å². The van der Waals surface area contributed by atoms with Crippen molar-refractivity contribution >= 4 is 26.7 Å². The fourth-order valence-electron chi connectivity index (χ4n) is 3.36. The summed E-state index contributed by atoms with van der Waals surface area (Å²) in [7, 11) is -3.60. The molecule has 0 fully saturated rings. The molecular formula is C23H23N3O2S. The number of H-pyrrole nitrogens is 1. The number of rotatable bonds is 6. The number of benzene rings is 3. The lowest BCUT2D eigenvalue weighted by Crippen LogP contribution is -2.14. The van der Waals surface area contributed by atoms with Crippen LogP contribution in [0.5, 0.6) is 0 Å². The van der Waals surface area contributed by atoms with Crippen LogP contribution in [0.15, 0.2) is 71.6 Å². The molecule has 0 amide bonds. The average molecular weight is 406 g/mol. The zero-order valence-electron chi connectivity index (χ0n) is 16.4. The smallest absolute Gasteiger partial charge is 0.262 e. The van der Waals surface area contributed by atoms with Crippen molar-refractivity contribution in [2.24, 2.45) is 0 Å². The number of aromatic amines is 1. The number of fused-ring (bicyclic) bond motifs is 1. The summed E-state index contributed by atoms with van der Waals surface area (Å²) in [5.41, 5.74) is 5.64. The van der Waals surface area contributed by atoms with Gasteiger partial charge in [-0.05, 0) is 67.3 Å². The van der Waals surface area contributed by atoms with Gasteiger partial charge in [0.1, 0.15) is 5.82 Å². The molecule has 4 aromatic rings. The molecule has 0 radical (unpaired) electrons. The molecule has 0 bridgehead atoms. The molecule has 6 heteroatoms. The van der Waals surface area contributed by atoms with Gasteiger partial charge < -0.3 is 4.98 Å². The summed E-state index contributed by atoms with van der Waals surface area (Å²) >= 11 is 0. The highest BCUT2D eigenvalue weighted by Gasteiger charge is 2.16. The van der Waals surface area contributed by atoms with Gasteiger partial charge in [0.15, 0.2) is 0 Å². The normalized spacial score (nSPS) is 11.7. The number of hydrogen-bond acceptors (Lipinski definition) is 3. The van der Waals surface area contributed by atoms with Crippen molar-refractivity contribution in [2.45, 2.75) is 31.6 Å². The molecule has 0 saturated heterocycles. The SMILES string of the molecule is Cc1ccc2nc(CCc3ccc(NS(=O)(=O)c4ccccc4C)cc3)[nH]c2c1. The van der Waals surface area contributed by atoms with Crippen molar-refractivity contribution in [1.29, 1.82) is 0 Å². The monoisotopic (exact) mass is 405 g/mol. The summed E-state index contributed by atoms with van der Waals surface area (Å²) in [5.74, 6) is 0.954. The van der Waals surface area contributed by atoms with Gasteiger partial charge in [-0.2, -0.15) is 0 Å². The van der Waals surface area contributed by atoms with E-state index in [-0.39, 0.29) is 0 Å². The Morgan fingerprint density at radius 1 is 0.931 bits per heavy atom. The second kappa shape index (κ2) is 7.72. The molecule has 4 rings (SSSR count). The van der Waals surface area contributed by atoms with Gasteiger partial charge in [-0.25, -0.2) is 13.4 Å². The second-order valence-corrected chi connectivity index (χ2v) is 8.92. The molecule has 0 aliphatic heterocycles. The molecule has 148 valence electrons. The van der Waals surface area contributed by atoms with Gasteiger partial charge in [0.25, 0.3) is 10.0 Å². The van der Waals surface area contributed by atoms with Crippen molar-refractivity contribution in [2.75, 3.05) is 4.72 Å². The van der Waals surface area contributed by atoms with Crippen molar-refractivity contribution in [1.82, 2.24) is 9.97 Å². The minimum Gasteiger partial charge on any atom is -0.342 e. The summed E-state index contributed by atoms with van der Waals surface area (Å²) in [6, 6.07) is 20.6. The third-order valence-electron chi connectivity index (χ3n) is 4.93. The molecule has 0 saturated carbocycles. The van der Waals surface area contributed by atoms with Crippen molar-refractivity contribution in [3.05, 3.63) is 89.2 Å². The minimum absolute atomic E-state index is 0.296. The standard InChI is InChI=1S/C23H23N3O2S/c1-16-7-13-20-21(15-16)25-23(24-20)14-10-18-8-11-19(12-9-18)26-29(27,28)22-6-4-3-5-17(22)2/h3-9,11-13,15,26H,10,14H2,1-2H3,(H,24,25). The van der Waals surface area contributed by atoms with Crippen LogP contribution in [0.2, 0.25) is 0 Å². The van der Waals surface area contributed by atoms with Gasteiger partial charge in [-0.3, -0.25) is 4.72 Å². The van der Waals surface area contributed by atoms with Crippen LogP contribution >= 0.6 is 0 Å². The van der Waals surface area contributed by atoms with E-state index in [0.717, 1.165) is 40.8 Å².